The molecular weight excluding hydrogens is 234 g/mol. The van der Waals surface area contributed by atoms with Crippen LogP contribution in [0.25, 0.3) is 0 Å². The Bertz CT molecular complexity index is 145. The maximum absolute atomic E-state index is 9.33. The van der Waals surface area contributed by atoms with Gasteiger partial charge in [0.2, 0.25) is 0 Å². The Balaban J connectivity index is 3.30. The number of aliphatic hydroxyl groups excluding tert-OH is 1. The molecule has 0 aliphatic heterocycles. The summed E-state index contributed by atoms with van der Waals surface area (Å²) in [4.78, 5) is 2.21. The van der Waals surface area contributed by atoms with Crippen LogP contribution in [0.1, 0.15) is 90.9 Å². The maximum atomic E-state index is 9.33. The van der Waals surface area contributed by atoms with E-state index >= 15 is 0 Å². The average molecular weight is 271 g/mol. The van der Waals surface area contributed by atoms with Crippen LogP contribution in [0, 0.1) is 0 Å². The fourth-order valence-electron chi connectivity index (χ4n) is 2.48. The Labute approximate surface area is 121 Å². The fraction of sp³-hybridized carbons (Fsp3) is 1.00. The molecule has 0 fully saturated rings. The molecule has 0 rings (SSSR count). The van der Waals surface area contributed by atoms with Gasteiger partial charge in [-0.05, 0) is 12.8 Å². The third kappa shape index (κ3) is 14.1. The predicted molar refractivity (Wildman–Crippen MR) is 85.4 cm³/mol. The first-order valence-corrected chi connectivity index (χ1v) is 8.68. The molecule has 0 aromatic rings. The Kier molecular flexibility index (Phi) is 15.9. The van der Waals surface area contributed by atoms with Gasteiger partial charge in [-0.25, -0.2) is 0 Å². The van der Waals surface area contributed by atoms with Crippen LogP contribution >= 0.6 is 0 Å². The second-order valence-corrected chi connectivity index (χ2v) is 5.79. The first-order chi connectivity index (χ1) is 9.35. The second kappa shape index (κ2) is 16.0. The number of nitrogens with zero attached hydrogens (tertiary/aromatic N) is 1. The summed E-state index contributed by atoms with van der Waals surface area (Å²) >= 11 is 0. The van der Waals surface area contributed by atoms with E-state index in [1.54, 1.807) is 0 Å². The monoisotopic (exact) mass is 271 g/mol. The highest BCUT2D eigenvalue weighted by molar-refractivity contribution is 4.55. The van der Waals surface area contributed by atoms with E-state index in [4.69, 9.17) is 0 Å². The topological polar surface area (TPSA) is 23.5 Å². The summed E-state index contributed by atoms with van der Waals surface area (Å²) in [6.45, 7) is 6.92. The molecular formula is C17H37NO. The van der Waals surface area contributed by atoms with Gasteiger partial charge < -0.3 is 5.11 Å². The summed E-state index contributed by atoms with van der Waals surface area (Å²) in [5.74, 6) is 0. The minimum absolute atomic E-state index is 0.240. The predicted octanol–water partition coefficient (Wildman–Crippen LogP) is 4.96. The first-order valence-electron chi connectivity index (χ1n) is 8.68. The van der Waals surface area contributed by atoms with Crippen molar-refractivity contribution in [1.82, 2.24) is 4.90 Å². The molecule has 0 unspecified atom stereocenters. The van der Waals surface area contributed by atoms with E-state index in [0.29, 0.717) is 0 Å². The SMILES string of the molecule is CCCCCCCCN(CO)CCCCCCCC. The fourth-order valence-corrected chi connectivity index (χ4v) is 2.48. The van der Waals surface area contributed by atoms with Gasteiger partial charge in [-0.1, -0.05) is 78.1 Å². The van der Waals surface area contributed by atoms with E-state index < -0.39 is 0 Å². The molecule has 0 aliphatic carbocycles. The quantitative estimate of drug-likeness (QED) is 0.336. The molecule has 2 nitrogen and oxygen atoms in total. The molecule has 0 heterocycles. The van der Waals surface area contributed by atoms with E-state index in [1.165, 1.54) is 77.0 Å². The van der Waals surface area contributed by atoms with E-state index in [1.807, 2.05) is 0 Å². The summed E-state index contributed by atoms with van der Waals surface area (Å²) in [7, 11) is 0. The van der Waals surface area contributed by atoms with E-state index in [0.717, 1.165) is 13.1 Å². The summed E-state index contributed by atoms with van der Waals surface area (Å²) in [6.07, 6.45) is 16.0. The number of hydrogen-bond donors (Lipinski definition) is 1. The van der Waals surface area contributed by atoms with Gasteiger partial charge in [0.25, 0.3) is 0 Å². The van der Waals surface area contributed by atoms with Crippen molar-refractivity contribution in [3.63, 3.8) is 0 Å². The zero-order valence-electron chi connectivity index (χ0n) is 13.5. The number of unbranched alkanes of at least 4 members (excludes halogenated alkanes) is 10. The van der Waals surface area contributed by atoms with E-state index in [2.05, 4.69) is 18.7 Å². The summed E-state index contributed by atoms with van der Waals surface area (Å²) in [5.41, 5.74) is 0. The minimum atomic E-state index is 0.240. The maximum Gasteiger partial charge on any atom is 0.0956 e. The highest BCUT2D eigenvalue weighted by atomic mass is 16.3. The Hall–Kier alpha value is -0.0800. The molecule has 1 N–H and O–H groups in total. The Morgan fingerprint density at radius 2 is 0.947 bits per heavy atom. The molecule has 116 valence electrons. The highest BCUT2D eigenvalue weighted by Gasteiger charge is 2.02. The molecule has 0 aromatic carbocycles. The summed E-state index contributed by atoms with van der Waals surface area (Å²) < 4.78 is 0. The van der Waals surface area contributed by atoms with Crippen molar-refractivity contribution in [2.24, 2.45) is 0 Å². The summed E-state index contributed by atoms with van der Waals surface area (Å²) in [5, 5.41) is 9.33. The van der Waals surface area contributed by atoms with Gasteiger partial charge in [0.15, 0.2) is 0 Å². The van der Waals surface area contributed by atoms with Crippen LogP contribution in [0.3, 0.4) is 0 Å². The molecule has 0 saturated heterocycles. The van der Waals surface area contributed by atoms with E-state index in [-0.39, 0.29) is 6.73 Å². The molecule has 0 spiro atoms. The highest BCUT2D eigenvalue weighted by Crippen LogP contribution is 2.08. The van der Waals surface area contributed by atoms with Crippen molar-refractivity contribution in [3.8, 4) is 0 Å². The third-order valence-electron chi connectivity index (χ3n) is 3.86. The van der Waals surface area contributed by atoms with Gasteiger partial charge in [0, 0.05) is 13.1 Å². The molecule has 19 heavy (non-hydrogen) atoms. The van der Waals surface area contributed by atoms with Gasteiger partial charge in [-0.3, -0.25) is 4.90 Å². The number of aliphatic hydroxyl groups is 1. The Morgan fingerprint density at radius 3 is 1.32 bits per heavy atom. The van der Waals surface area contributed by atoms with Crippen molar-refractivity contribution >= 4 is 0 Å². The van der Waals surface area contributed by atoms with Crippen LogP contribution in [0.4, 0.5) is 0 Å². The summed E-state index contributed by atoms with van der Waals surface area (Å²) in [6, 6.07) is 0. The van der Waals surface area contributed by atoms with Crippen molar-refractivity contribution in [3.05, 3.63) is 0 Å². The van der Waals surface area contributed by atoms with Crippen molar-refractivity contribution in [2.75, 3.05) is 19.8 Å². The average Bonchev–Trinajstić information content (AvgIpc) is 2.44. The van der Waals surface area contributed by atoms with Crippen LogP contribution in [0.15, 0.2) is 0 Å². The van der Waals surface area contributed by atoms with Crippen LogP contribution < -0.4 is 0 Å². The zero-order valence-corrected chi connectivity index (χ0v) is 13.5. The van der Waals surface area contributed by atoms with E-state index in [9.17, 15) is 5.11 Å². The van der Waals surface area contributed by atoms with Crippen LogP contribution in [0.2, 0.25) is 0 Å². The smallest absolute Gasteiger partial charge is 0.0956 e. The molecule has 0 bridgehead atoms. The molecule has 0 amide bonds. The lowest BCUT2D eigenvalue weighted by Crippen LogP contribution is -2.27. The second-order valence-electron chi connectivity index (χ2n) is 5.79. The minimum Gasteiger partial charge on any atom is -0.381 e. The molecule has 0 saturated carbocycles. The van der Waals surface area contributed by atoms with Gasteiger partial charge in [0.05, 0.1) is 6.73 Å². The Morgan fingerprint density at radius 1 is 0.579 bits per heavy atom. The van der Waals surface area contributed by atoms with Gasteiger partial charge in [-0.15, -0.1) is 0 Å². The number of hydrogen-bond acceptors (Lipinski definition) is 2. The normalized spacial score (nSPS) is 11.4. The zero-order chi connectivity index (χ0) is 14.2. The molecule has 0 aliphatic rings. The number of rotatable bonds is 15. The molecule has 0 atom stereocenters. The first kappa shape index (κ1) is 18.9. The van der Waals surface area contributed by atoms with Gasteiger partial charge in [0.1, 0.15) is 0 Å². The van der Waals surface area contributed by atoms with Crippen LogP contribution in [0.5, 0.6) is 0 Å². The lowest BCUT2D eigenvalue weighted by molar-refractivity contribution is 0.103. The molecule has 0 radical (unpaired) electrons. The lowest BCUT2D eigenvalue weighted by Gasteiger charge is -2.19. The molecule has 0 aromatic heterocycles. The van der Waals surface area contributed by atoms with Crippen molar-refractivity contribution < 1.29 is 5.11 Å². The van der Waals surface area contributed by atoms with Gasteiger partial charge >= 0.3 is 0 Å². The van der Waals surface area contributed by atoms with Gasteiger partial charge in [-0.2, -0.15) is 0 Å². The van der Waals surface area contributed by atoms with Crippen LogP contribution in [-0.4, -0.2) is 29.8 Å². The lowest BCUT2D eigenvalue weighted by atomic mass is 10.1. The molecule has 2 heteroatoms. The van der Waals surface area contributed by atoms with Crippen molar-refractivity contribution in [1.29, 1.82) is 0 Å². The van der Waals surface area contributed by atoms with Crippen LogP contribution in [-0.2, 0) is 0 Å². The van der Waals surface area contributed by atoms with Crippen molar-refractivity contribution in [2.45, 2.75) is 90.9 Å². The standard InChI is InChI=1S/C17H37NO/c1-3-5-7-9-11-13-15-18(17-19)16-14-12-10-8-6-4-2/h19H,3-17H2,1-2H3. The largest absolute Gasteiger partial charge is 0.381 e. The third-order valence-corrected chi connectivity index (χ3v) is 3.86.